The van der Waals surface area contributed by atoms with Crippen LogP contribution in [0.15, 0.2) is 40.8 Å². The summed E-state index contributed by atoms with van der Waals surface area (Å²) in [5.41, 5.74) is 2.58. The molecule has 1 aromatic heterocycles. The van der Waals surface area contributed by atoms with Crippen molar-refractivity contribution in [2.75, 3.05) is 0 Å². The van der Waals surface area contributed by atoms with E-state index < -0.39 is 4.92 Å². The van der Waals surface area contributed by atoms with E-state index in [2.05, 4.69) is 10.5 Å². The molecule has 2 rings (SSSR count). The number of nitro benzene ring substituents is 1. The molecular weight excluding hydrogens is 302 g/mol. The Morgan fingerprint density at radius 3 is 2.90 bits per heavy atom. The molecule has 8 heteroatoms. The molecule has 0 saturated heterocycles. The summed E-state index contributed by atoms with van der Waals surface area (Å²) in [4.78, 5) is 22.2. The third-order valence-corrected chi connectivity index (χ3v) is 3.52. The second-order valence-corrected chi connectivity index (χ2v) is 4.99. The van der Waals surface area contributed by atoms with Gasteiger partial charge in [0.1, 0.15) is 0 Å². The SMILES string of the molecule is O=C(NN=Cc1cc([N+](=O)[O-])ccc1Cl)c1cccs1. The molecule has 0 atom stereocenters. The summed E-state index contributed by atoms with van der Waals surface area (Å²) < 4.78 is 0. The molecule has 1 heterocycles. The molecule has 0 spiro atoms. The van der Waals surface area contributed by atoms with Gasteiger partial charge in [-0.25, -0.2) is 5.43 Å². The van der Waals surface area contributed by atoms with E-state index >= 15 is 0 Å². The average Bonchev–Trinajstić information content (AvgIpc) is 2.94. The quantitative estimate of drug-likeness (QED) is 0.535. The fourth-order valence-corrected chi connectivity index (χ4v) is 2.15. The molecule has 1 aromatic carbocycles. The van der Waals surface area contributed by atoms with Crippen molar-refractivity contribution in [3.05, 3.63) is 61.3 Å². The van der Waals surface area contributed by atoms with Crippen LogP contribution in [0, 0.1) is 10.1 Å². The summed E-state index contributed by atoms with van der Waals surface area (Å²) in [7, 11) is 0. The normalized spacial score (nSPS) is 10.7. The van der Waals surface area contributed by atoms with Gasteiger partial charge in [-0.15, -0.1) is 11.3 Å². The molecule has 0 aliphatic heterocycles. The van der Waals surface area contributed by atoms with E-state index in [1.54, 1.807) is 17.5 Å². The van der Waals surface area contributed by atoms with Crippen LogP contribution in [0.4, 0.5) is 5.69 Å². The lowest BCUT2D eigenvalue weighted by Crippen LogP contribution is -2.16. The molecule has 20 heavy (non-hydrogen) atoms. The van der Waals surface area contributed by atoms with Gasteiger partial charge in [-0.05, 0) is 17.5 Å². The lowest BCUT2D eigenvalue weighted by Gasteiger charge is -1.99. The fourth-order valence-electron chi connectivity index (χ4n) is 1.37. The molecule has 2 aromatic rings. The zero-order valence-electron chi connectivity index (χ0n) is 9.95. The van der Waals surface area contributed by atoms with Crippen molar-refractivity contribution in [2.45, 2.75) is 0 Å². The van der Waals surface area contributed by atoms with Crippen molar-refractivity contribution in [3.63, 3.8) is 0 Å². The van der Waals surface area contributed by atoms with E-state index in [4.69, 9.17) is 11.6 Å². The number of nitro groups is 1. The van der Waals surface area contributed by atoms with Gasteiger partial charge >= 0.3 is 0 Å². The molecule has 0 aliphatic rings. The summed E-state index contributed by atoms with van der Waals surface area (Å²) in [5, 5.41) is 16.5. The molecular formula is C12H8ClN3O3S. The Balaban J connectivity index is 2.09. The van der Waals surface area contributed by atoms with Crippen LogP contribution in [0.25, 0.3) is 0 Å². The number of carbonyl (C=O) groups excluding carboxylic acids is 1. The molecule has 102 valence electrons. The van der Waals surface area contributed by atoms with Gasteiger partial charge in [0.2, 0.25) is 0 Å². The van der Waals surface area contributed by atoms with Gasteiger partial charge in [0, 0.05) is 22.7 Å². The number of halogens is 1. The number of hydrazone groups is 1. The number of benzene rings is 1. The monoisotopic (exact) mass is 309 g/mol. The minimum Gasteiger partial charge on any atom is -0.266 e. The number of rotatable bonds is 4. The highest BCUT2D eigenvalue weighted by molar-refractivity contribution is 7.12. The van der Waals surface area contributed by atoms with E-state index in [1.807, 2.05) is 0 Å². The number of amides is 1. The zero-order valence-corrected chi connectivity index (χ0v) is 11.5. The minimum absolute atomic E-state index is 0.0968. The van der Waals surface area contributed by atoms with E-state index in [1.165, 1.54) is 35.8 Å². The Kier molecular flexibility index (Phi) is 4.44. The second kappa shape index (κ2) is 6.27. The van der Waals surface area contributed by atoms with Crippen molar-refractivity contribution < 1.29 is 9.72 Å². The van der Waals surface area contributed by atoms with Crippen LogP contribution in [0.5, 0.6) is 0 Å². The van der Waals surface area contributed by atoms with Crippen molar-refractivity contribution in [2.24, 2.45) is 5.10 Å². The topological polar surface area (TPSA) is 84.6 Å². The highest BCUT2D eigenvalue weighted by Crippen LogP contribution is 2.20. The van der Waals surface area contributed by atoms with E-state index in [0.29, 0.717) is 15.5 Å². The molecule has 6 nitrogen and oxygen atoms in total. The molecule has 0 bridgehead atoms. The molecule has 1 amide bonds. The fraction of sp³-hybridized carbons (Fsp3) is 0. The van der Waals surface area contributed by atoms with Crippen molar-refractivity contribution in [1.29, 1.82) is 0 Å². The van der Waals surface area contributed by atoms with Crippen molar-refractivity contribution in [1.82, 2.24) is 5.43 Å². The van der Waals surface area contributed by atoms with E-state index in [-0.39, 0.29) is 11.6 Å². The standard InChI is InChI=1S/C12H8ClN3O3S/c13-10-4-3-9(16(18)19)6-8(10)7-14-15-12(17)11-2-1-5-20-11/h1-7H,(H,15,17). The predicted octanol–water partition coefficient (Wildman–Crippen LogP) is 3.07. The van der Waals surface area contributed by atoms with E-state index in [0.717, 1.165) is 0 Å². The predicted molar refractivity (Wildman–Crippen MR) is 77.5 cm³/mol. The molecule has 0 saturated carbocycles. The number of hydrogen-bond donors (Lipinski definition) is 1. The zero-order chi connectivity index (χ0) is 14.5. The largest absolute Gasteiger partial charge is 0.281 e. The molecule has 0 fully saturated rings. The van der Waals surface area contributed by atoms with Gasteiger partial charge in [-0.3, -0.25) is 14.9 Å². The summed E-state index contributed by atoms with van der Waals surface area (Å²) in [6.45, 7) is 0. The molecule has 0 unspecified atom stereocenters. The maximum absolute atomic E-state index is 11.6. The van der Waals surface area contributed by atoms with E-state index in [9.17, 15) is 14.9 Å². The summed E-state index contributed by atoms with van der Waals surface area (Å²) >= 11 is 7.18. The van der Waals surface area contributed by atoms with Gasteiger partial charge in [0.15, 0.2) is 0 Å². The highest BCUT2D eigenvalue weighted by Gasteiger charge is 2.08. The number of thiophene rings is 1. The average molecular weight is 310 g/mol. The Morgan fingerprint density at radius 1 is 1.45 bits per heavy atom. The first-order chi connectivity index (χ1) is 9.58. The van der Waals surface area contributed by atoms with Gasteiger partial charge < -0.3 is 0 Å². The number of nitrogens with one attached hydrogen (secondary N) is 1. The highest BCUT2D eigenvalue weighted by atomic mass is 35.5. The van der Waals surface area contributed by atoms with Crippen LogP contribution in [-0.2, 0) is 0 Å². The Morgan fingerprint density at radius 2 is 2.25 bits per heavy atom. The van der Waals surface area contributed by atoms with Crippen LogP contribution in [0.3, 0.4) is 0 Å². The summed E-state index contributed by atoms with van der Waals surface area (Å²) in [5.74, 6) is -0.349. The van der Waals surface area contributed by atoms with Crippen LogP contribution in [0.2, 0.25) is 5.02 Å². The molecule has 0 radical (unpaired) electrons. The van der Waals surface area contributed by atoms with Gasteiger partial charge in [0.05, 0.1) is 16.0 Å². The minimum atomic E-state index is -0.530. The van der Waals surface area contributed by atoms with Crippen LogP contribution in [-0.4, -0.2) is 17.0 Å². The Hall–Kier alpha value is -2.25. The first-order valence-electron chi connectivity index (χ1n) is 5.39. The number of non-ortho nitro benzene ring substituents is 1. The lowest BCUT2D eigenvalue weighted by molar-refractivity contribution is -0.384. The van der Waals surface area contributed by atoms with Crippen LogP contribution in [0.1, 0.15) is 15.2 Å². The molecule has 1 N–H and O–H groups in total. The third kappa shape index (κ3) is 3.40. The Labute approximate surface area is 122 Å². The molecule has 0 aliphatic carbocycles. The summed E-state index contributed by atoms with van der Waals surface area (Å²) in [6, 6.07) is 7.39. The summed E-state index contributed by atoms with van der Waals surface area (Å²) in [6.07, 6.45) is 1.26. The maximum Gasteiger partial charge on any atom is 0.281 e. The number of carbonyl (C=O) groups is 1. The van der Waals surface area contributed by atoms with Crippen molar-refractivity contribution >= 4 is 40.7 Å². The van der Waals surface area contributed by atoms with Gasteiger partial charge in [-0.1, -0.05) is 17.7 Å². The van der Waals surface area contributed by atoms with Gasteiger partial charge in [-0.2, -0.15) is 5.10 Å². The second-order valence-electron chi connectivity index (χ2n) is 3.64. The first kappa shape index (κ1) is 14.2. The Bertz CT molecular complexity index is 671. The first-order valence-corrected chi connectivity index (χ1v) is 6.64. The maximum atomic E-state index is 11.6. The number of nitrogens with zero attached hydrogens (tertiary/aromatic N) is 2. The third-order valence-electron chi connectivity index (χ3n) is 2.31. The van der Waals surface area contributed by atoms with Crippen LogP contribution < -0.4 is 5.43 Å². The van der Waals surface area contributed by atoms with Gasteiger partial charge in [0.25, 0.3) is 11.6 Å². The van der Waals surface area contributed by atoms with Crippen molar-refractivity contribution in [3.8, 4) is 0 Å². The lowest BCUT2D eigenvalue weighted by atomic mass is 10.2. The van der Waals surface area contributed by atoms with Crippen LogP contribution >= 0.6 is 22.9 Å². The number of hydrogen-bond acceptors (Lipinski definition) is 5. The smallest absolute Gasteiger partial charge is 0.266 e.